The summed E-state index contributed by atoms with van der Waals surface area (Å²) >= 11 is 0. The topological polar surface area (TPSA) is 178 Å². The number of methoxy groups -OCH3 is 1. The predicted molar refractivity (Wildman–Crippen MR) is 224 cm³/mol. The molecule has 3 aliphatic rings. The Morgan fingerprint density at radius 2 is 1.72 bits per heavy atom. The summed E-state index contributed by atoms with van der Waals surface area (Å²) in [5.41, 5.74) is -1.01. The molecule has 0 spiro atoms. The number of carbonyl (C=O) groups is 5. The van der Waals surface area contributed by atoms with E-state index < -0.39 is 89.3 Å². The fourth-order valence-electron chi connectivity index (χ4n) is 9.73. The van der Waals surface area contributed by atoms with Gasteiger partial charge in [0.1, 0.15) is 17.8 Å². The van der Waals surface area contributed by atoms with Crippen LogP contribution < -0.4 is 0 Å². The largest absolute Gasteiger partial charge is 0.458 e. The van der Waals surface area contributed by atoms with Crippen molar-refractivity contribution in [3.05, 3.63) is 37.1 Å². The number of ether oxygens (including phenoxy) is 6. The summed E-state index contributed by atoms with van der Waals surface area (Å²) in [6.45, 7) is 16.2. The second kappa shape index (κ2) is 19.9. The van der Waals surface area contributed by atoms with Gasteiger partial charge >= 0.3 is 18.0 Å². The van der Waals surface area contributed by atoms with Gasteiger partial charge in [-0.25, -0.2) is 9.78 Å². The van der Waals surface area contributed by atoms with Crippen molar-refractivity contribution in [2.75, 3.05) is 27.7 Å². The van der Waals surface area contributed by atoms with Crippen LogP contribution in [0.5, 0.6) is 0 Å². The quantitative estimate of drug-likeness (QED) is 0.113. The van der Waals surface area contributed by atoms with Crippen LogP contribution in [0.15, 0.2) is 37.1 Å². The molecular formula is C45H67N5O11. The van der Waals surface area contributed by atoms with Crippen LogP contribution in [0.2, 0.25) is 0 Å². The molecule has 0 bridgehead atoms. The van der Waals surface area contributed by atoms with Crippen LogP contribution in [0, 0.1) is 23.7 Å². The second-order valence-electron chi connectivity index (χ2n) is 17.9. The first kappa shape index (κ1) is 47.8. The third kappa shape index (κ3) is 10.3. The highest BCUT2D eigenvalue weighted by atomic mass is 16.7. The van der Waals surface area contributed by atoms with Crippen LogP contribution in [0.4, 0.5) is 4.79 Å². The fourth-order valence-corrected chi connectivity index (χ4v) is 9.73. The average Bonchev–Trinajstić information content (AvgIpc) is 3.80. The van der Waals surface area contributed by atoms with Gasteiger partial charge < -0.3 is 42.8 Å². The third-order valence-corrected chi connectivity index (χ3v) is 13.1. The number of Topliss-reactive ketones (excluding diaryl/α,β-unsaturated/α-hetero) is 2. The molecule has 5 heterocycles. The van der Waals surface area contributed by atoms with Crippen molar-refractivity contribution < 1.29 is 52.4 Å². The van der Waals surface area contributed by atoms with Crippen molar-refractivity contribution >= 4 is 29.6 Å². The number of amides is 1. The van der Waals surface area contributed by atoms with E-state index in [4.69, 9.17) is 28.4 Å². The Labute approximate surface area is 360 Å². The van der Waals surface area contributed by atoms with E-state index in [9.17, 15) is 24.0 Å². The number of nitrogens with zero attached hydrogens (tertiary/aromatic N) is 5. The normalized spacial score (nSPS) is 35.4. The standard InChI is InChI=1S/C45H67N5O11/c1-13-35-45(9)39(50(43(55)61-45)20-15-14-19-49-24-33(47-25-49)32-17-16-18-46-23-32)28(4)36(52)26(2)22-44(8,56-12)40(29(5)37(53)30(6)41(54)59-35)60-42-38(58-31(7)51)34(48(10)11)21-27(3)57-42/h16-18,23-30,34-35,38-40,42H,13-15,19-22H2,1-12H3/t26-,27?,28+,29+,30-,34?,35-,38?,39-,40-,42?,44-,45-/m1/s1. The Hall–Kier alpha value is -4.25. The minimum atomic E-state index is -1.42. The molecule has 2 aromatic rings. The first-order valence-corrected chi connectivity index (χ1v) is 21.7. The van der Waals surface area contributed by atoms with Crippen molar-refractivity contribution in [3.63, 3.8) is 0 Å². The lowest BCUT2D eigenvalue weighted by Gasteiger charge is -2.47. The molecule has 16 nitrogen and oxygen atoms in total. The number of hydrogen-bond donors (Lipinski definition) is 0. The van der Waals surface area contributed by atoms with Gasteiger partial charge in [-0.15, -0.1) is 0 Å². The second-order valence-corrected chi connectivity index (χ2v) is 17.9. The van der Waals surface area contributed by atoms with Crippen LogP contribution >= 0.6 is 0 Å². The molecule has 3 aliphatic heterocycles. The molecule has 61 heavy (non-hydrogen) atoms. The number of pyridine rings is 1. The summed E-state index contributed by atoms with van der Waals surface area (Å²) in [6, 6.07) is 2.72. The molecule has 16 heteroatoms. The maximum Gasteiger partial charge on any atom is 0.410 e. The molecule has 3 saturated heterocycles. The zero-order chi connectivity index (χ0) is 45.0. The van der Waals surface area contributed by atoms with Crippen LogP contribution in [0.1, 0.15) is 94.4 Å². The van der Waals surface area contributed by atoms with Gasteiger partial charge in [-0.1, -0.05) is 27.7 Å². The number of likely N-dealkylation sites (N-methyl/N-ethyl adjacent to an activating group) is 1. The van der Waals surface area contributed by atoms with Crippen molar-refractivity contribution in [1.29, 1.82) is 0 Å². The van der Waals surface area contributed by atoms with E-state index in [1.807, 2.05) is 55.7 Å². The molecule has 5 rings (SSSR count). The average molecular weight is 854 g/mol. The third-order valence-electron chi connectivity index (χ3n) is 13.1. The number of carbonyl (C=O) groups excluding carboxylic acids is 5. The molecular weight excluding hydrogens is 787 g/mol. The maximum atomic E-state index is 14.8. The van der Waals surface area contributed by atoms with Crippen LogP contribution in [-0.4, -0.2) is 136 Å². The highest BCUT2D eigenvalue weighted by Gasteiger charge is 2.60. The molecule has 0 aliphatic carbocycles. The first-order valence-electron chi connectivity index (χ1n) is 21.7. The number of esters is 2. The Morgan fingerprint density at radius 1 is 1.02 bits per heavy atom. The Balaban J connectivity index is 1.46. The van der Waals surface area contributed by atoms with Gasteiger partial charge in [-0.05, 0) is 86.0 Å². The van der Waals surface area contributed by atoms with Gasteiger partial charge in [-0.2, -0.15) is 0 Å². The molecule has 13 atom stereocenters. The number of fused-ring (bicyclic) bond motifs is 1. The van der Waals surface area contributed by atoms with Crippen LogP contribution in [-0.2, 0) is 54.1 Å². The molecule has 2 aromatic heterocycles. The summed E-state index contributed by atoms with van der Waals surface area (Å²) in [4.78, 5) is 81.9. The number of rotatable bonds is 12. The van der Waals surface area contributed by atoms with Gasteiger partial charge in [0.15, 0.2) is 23.8 Å². The maximum absolute atomic E-state index is 14.8. The van der Waals surface area contributed by atoms with E-state index in [1.54, 1.807) is 58.2 Å². The molecule has 0 aromatic carbocycles. The summed E-state index contributed by atoms with van der Waals surface area (Å²) in [7, 11) is 5.25. The van der Waals surface area contributed by atoms with E-state index in [-0.39, 0.29) is 37.3 Å². The molecule has 1 amide bonds. The first-order chi connectivity index (χ1) is 28.8. The SMILES string of the molecule is CC[C@H]1OC(=O)[C@H](C)C(=O)[C@H](C)[C@@H](OC2OC(C)CC(N(C)C)C2OC(C)=O)[C@](C)(OC)C[C@@H](C)C(=O)[C@H](C)[C@H]2N(CCCCn3cnc(-c4cccnc4)c3)C(=O)O[C@]12C. The number of ketones is 2. The Kier molecular flexibility index (Phi) is 15.6. The molecule has 338 valence electrons. The Bertz CT molecular complexity index is 1860. The lowest BCUT2D eigenvalue weighted by Crippen LogP contribution is -2.61. The number of imidazole rings is 1. The predicted octanol–water partition coefficient (Wildman–Crippen LogP) is 5.50. The molecule has 0 saturated carbocycles. The monoisotopic (exact) mass is 853 g/mol. The Morgan fingerprint density at radius 3 is 2.34 bits per heavy atom. The highest BCUT2D eigenvalue weighted by Crippen LogP contribution is 2.43. The molecule has 0 N–H and O–H groups in total. The van der Waals surface area contributed by atoms with E-state index in [2.05, 4.69) is 9.97 Å². The number of unbranched alkanes of at least 4 members (excludes halogenated alkanes) is 1. The minimum Gasteiger partial charge on any atom is -0.458 e. The number of aryl methyl sites for hydroxylation is 1. The van der Waals surface area contributed by atoms with Crippen LogP contribution in [0.3, 0.4) is 0 Å². The van der Waals surface area contributed by atoms with Crippen LogP contribution in [0.25, 0.3) is 11.3 Å². The van der Waals surface area contributed by atoms with Gasteiger partial charge in [0, 0.05) is 69.0 Å². The van der Waals surface area contributed by atoms with Gasteiger partial charge in [0.25, 0.3) is 0 Å². The van der Waals surface area contributed by atoms with E-state index in [1.165, 1.54) is 21.0 Å². The number of hydrogen-bond acceptors (Lipinski definition) is 14. The number of cyclic esters (lactones) is 1. The van der Waals surface area contributed by atoms with E-state index in [0.29, 0.717) is 25.8 Å². The minimum absolute atomic E-state index is 0.104. The smallest absolute Gasteiger partial charge is 0.410 e. The zero-order valence-electron chi connectivity index (χ0n) is 38.0. The van der Waals surface area contributed by atoms with Gasteiger partial charge in [0.2, 0.25) is 0 Å². The van der Waals surface area contributed by atoms with Crippen molar-refractivity contribution in [3.8, 4) is 11.3 Å². The summed E-state index contributed by atoms with van der Waals surface area (Å²) in [5, 5.41) is 0. The van der Waals surface area contributed by atoms with Gasteiger partial charge in [-0.3, -0.25) is 24.2 Å². The van der Waals surface area contributed by atoms with Crippen molar-refractivity contribution in [1.82, 2.24) is 24.3 Å². The van der Waals surface area contributed by atoms with E-state index in [0.717, 1.165) is 11.3 Å². The molecule has 0 radical (unpaired) electrons. The summed E-state index contributed by atoms with van der Waals surface area (Å²) < 4.78 is 39.5. The summed E-state index contributed by atoms with van der Waals surface area (Å²) in [5.74, 6) is -5.64. The molecule has 4 unspecified atom stereocenters. The number of aromatic nitrogens is 3. The fraction of sp³-hybridized carbons (Fsp3) is 0.711. The van der Waals surface area contributed by atoms with Crippen molar-refractivity contribution in [2.24, 2.45) is 23.7 Å². The highest BCUT2D eigenvalue weighted by molar-refractivity contribution is 6.00. The molecule has 3 fully saturated rings. The lowest BCUT2D eigenvalue weighted by atomic mass is 9.73. The van der Waals surface area contributed by atoms with Crippen molar-refractivity contribution in [2.45, 2.75) is 155 Å². The lowest BCUT2D eigenvalue weighted by molar-refractivity contribution is -0.298. The zero-order valence-corrected chi connectivity index (χ0v) is 38.0. The summed E-state index contributed by atoms with van der Waals surface area (Å²) in [6.07, 6.45) is 4.45. The van der Waals surface area contributed by atoms with E-state index >= 15 is 0 Å². The van der Waals surface area contributed by atoms with Gasteiger partial charge in [0.05, 0.1) is 41.9 Å².